The van der Waals surface area contributed by atoms with E-state index in [9.17, 15) is 14.0 Å². The molecule has 0 aliphatic heterocycles. The molecule has 0 saturated carbocycles. The molecule has 0 aliphatic rings. The predicted octanol–water partition coefficient (Wildman–Crippen LogP) is 3.60. The zero-order valence-electron chi connectivity index (χ0n) is 13.7. The summed E-state index contributed by atoms with van der Waals surface area (Å²) < 4.78 is 15.1. The van der Waals surface area contributed by atoms with Crippen molar-refractivity contribution in [3.05, 3.63) is 99.7 Å². The standard InChI is InChI=1S/C20H17FN2O2/c1-14-7-2-5-11-18(14)22-19(24)16-9-6-12-23(20(16)25)13-15-8-3-4-10-17(15)21/h2-12H,13H2,1H3,(H,22,24). The summed E-state index contributed by atoms with van der Waals surface area (Å²) in [6.07, 6.45) is 1.54. The van der Waals surface area contributed by atoms with Crippen molar-refractivity contribution in [1.29, 1.82) is 0 Å². The van der Waals surface area contributed by atoms with Gasteiger partial charge in [-0.3, -0.25) is 9.59 Å². The molecule has 1 heterocycles. The second-order valence-corrected chi connectivity index (χ2v) is 5.72. The maximum Gasteiger partial charge on any atom is 0.263 e. The monoisotopic (exact) mass is 336 g/mol. The molecule has 3 rings (SSSR count). The smallest absolute Gasteiger partial charge is 0.263 e. The Balaban J connectivity index is 1.88. The quantitative estimate of drug-likeness (QED) is 0.791. The van der Waals surface area contributed by atoms with Gasteiger partial charge in [0, 0.05) is 17.4 Å². The maximum absolute atomic E-state index is 13.8. The average molecular weight is 336 g/mol. The second-order valence-electron chi connectivity index (χ2n) is 5.72. The normalized spacial score (nSPS) is 10.5. The third kappa shape index (κ3) is 3.66. The Bertz CT molecular complexity index is 979. The van der Waals surface area contributed by atoms with Crippen molar-refractivity contribution >= 4 is 11.6 Å². The average Bonchev–Trinajstić information content (AvgIpc) is 2.60. The Morgan fingerprint density at radius 2 is 1.76 bits per heavy atom. The highest BCUT2D eigenvalue weighted by atomic mass is 19.1. The molecule has 126 valence electrons. The number of carbonyl (C=O) groups excluding carboxylic acids is 1. The lowest BCUT2D eigenvalue weighted by Crippen LogP contribution is -2.29. The van der Waals surface area contributed by atoms with Crippen LogP contribution in [0.2, 0.25) is 0 Å². The first-order chi connectivity index (χ1) is 12.1. The summed E-state index contributed by atoms with van der Waals surface area (Å²) in [6.45, 7) is 1.94. The number of aromatic nitrogens is 1. The van der Waals surface area contributed by atoms with Crippen molar-refractivity contribution in [3.8, 4) is 0 Å². The number of halogens is 1. The Labute approximate surface area is 144 Å². The van der Waals surface area contributed by atoms with Crippen LogP contribution >= 0.6 is 0 Å². The third-order valence-corrected chi connectivity index (χ3v) is 3.96. The fourth-order valence-electron chi connectivity index (χ4n) is 2.55. The molecule has 0 fully saturated rings. The summed E-state index contributed by atoms with van der Waals surface area (Å²) in [5.74, 6) is -0.869. The molecular formula is C20H17FN2O2. The number of nitrogens with one attached hydrogen (secondary N) is 1. The second kappa shape index (κ2) is 7.13. The molecule has 3 aromatic rings. The summed E-state index contributed by atoms with van der Waals surface area (Å²) in [4.78, 5) is 25.0. The van der Waals surface area contributed by atoms with Crippen LogP contribution in [0.25, 0.3) is 0 Å². The van der Waals surface area contributed by atoms with E-state index in [1.807, 2.05) is 25.1 Å². The van der Waals surface area contributed by atoms with Gasteiger partial charge in [-0.25, -0.2) is 4.39 Å². The molecule has 4 nitrogen and oxygen atoms in total. The van der Waals surface area contributed by atoms with E-state index >= 15 is 0 Å². The molecule has 1 amide bonds. The number of rotatable bonds is 4. The van der Waals surface area contributed by atoms with Gasteiger partial charge in [0.1, 0.15) is 11.4 Å². The lowest BCUT2D eigenvalue weighted by Gasteiger charge is -2.10. The zero-order valence-corrected chi connectivity index (χ0v) is 13.7. The summed E-state index contributed by atoms with van der Waals surface area (Å²) in [7, 11) is 0. The Kier molecular flexibility index (Phi) is 4.75. The summed E-state index contributed by atoms with van der Waals surface area (Å²) in [6, 6.07) is 16.6. The number of nitrogens with zero attached hydrogens (tertiary/aromatic N) is 1. The topological polar surface area (TPSA) is 51.1 Å². The van der Waals surface area contributed by atoms with E-state index in [-0.39, 0.29) is 17.9 Å². The molecule has 0 aliphatic carbocycles. The lowest BCUT2D eigenvalue weighted by molar-refractivity contribution is 0.102. The first-order valence-electron chi connectivity index (χ1n) is 7.86. The van der Waals surface area contributed by atoms with Crippen LogP contribution in [0.4, 0.5) is 10.1 Å². The number of aryl methyl sites for hydroxylation is 1. The first kappa shape index (κ1) is 16.6. The lowest BCUT2D eigenvalue weighted by atomic mass is 10.1. The molecule has 2 aromatic carbocycles. The van der Waals surface area contributed by atoms with Gasteiger partial charge < -0.3 is 9.88 Å². The molecule has 1 N–H and O–H groups in total. The minimum Gasteiger partial charge on any atom is -0.322 e. The van der Waals surface area contributed by atoms with Gasteiger partial charge in [0.25, 0.3) is 11.5 Å². The van der Waals surface area contributed by atoms with Crippen molar-refractivity contribution in [2.24, 2.45) is 0 Å². The molecule has 0 bridgehead atoms. The largest absolute Gasteiger partial charge is 0.322 e. The zero-order chi connectivity index (χ0) is 17.8. The van der Waals surface area contributed by atoms with Gasteiger partial charge >= 0.3 is 0 Å². The molecule has 25 heavy (non-hydrogen) atoms. The number of anilines is 1. The SMILES string of the molecule is Cc1ccccc1NC(=O)c1cccn(Cc2ccccc2F)c1=O. The number of pyridine rings is 1. The number of amides is 1. The molecule has 1 aromatic heterocycles. The van der Waals surface area contributed by atoms with E-state index in [4.69, 9.17) is 0 Å². The van der Waals surface area contributed by atoms with E-state index in [1.165, 1.54) is 16.7 Å². The Hall–Kier alpha value is -3.21. The van der Waals surface area contributed by atoms with Crippen molar-refractivity contribution in [2.75, 3.05) is 5.32 Å². The van der Waals surface area contributed by atoms with Gasteiger partial charge in [0.05, 0.1) is 6.54 Å². The fourth-order valence-corrected chi connectivity index (χ4v) is 2.55. The van der Waals surface area contributed by atoms with Crippen LogP contribution < -0.4 is 10.9 Å². The van der Waals surface area contributed by atoms with Crippen molar-refractivity contribution in [2.45, 2.75) is 13.5 Å². The molecule has 5 heteroatoms. The fraction of sp³-hybridized carbons (Fsp3) is 0.100. The number of benzene rings is 2. The van der Waals surface area contributed by atoms with Gasteiger partial charge in [-0.15, -0.1) is 0 Å². The van der Waals surface area contributed by atoms with E-state index in [0.29, 0.717) is 11.3 Å². The van der Waals surface area contributed by atoms with Crippen LogP contribution in [0.3, 0.4) is 0 Å². The van der Waals surface area contributed by atoms with Crippen LogP contribution in [0.1, 0.15) is 21.5 Å². The number of hydrogen-bond acceptors (Lipinski definition) is 2. The highest BCUT2D eigenvalue weighted by Gasteiger charge is 2.14. The molecule has 0 spiro atoms. The summed E-state index contributed by atoms with van der Waals surface area (Å²) in [5.41, 5.74) is 1.50. The van der Waals surface area contributed by atoms with E-state index in [1.54, 1.807) is 36.5 Å². The van der Waals surface area contributed by atoms with Crippen molar-refractivity contribution in [1.82, 2.24) is 4.57 Å². The first-order valence-corrected chi connectivity index (χ1v) is 7.86. The highest BCUT2D eigenvalue weighted by molar-refractivity contribution is 6.04. The Morgan fingerprint density at radius 1 is 1.04 bits per heavy atom. The van der Waals surface area contributed by atoms with Gasteiger partial charge in [0.2, 0.25) is 0 Å². The minimum atomic E-state index is -0.484. The van der Waals surface area contributed by atoms with Crippen LogP contribution in [-0.2, 0) is 6.54 Å². The van der Waals surface area contributed by atoms with Crippen LogP contribution in [-0.4, -0.2) is 10.5 Å². The Morgan fingerprint density at radius 3 is 2.52 bits per heavy atom. The van der Waals surface area contributed by atoms with Crippen molar-refractivity contribution in [3.63, 3.8) is 0 Å². The molecule has 0 saturated heterocycles. The van der Waals surface area contributed by atoms with E-state index in [0.717, 1.165) is 5.56 Å². The molecule has 0 atom stereocenters. The van der Waals surface area contributed by atoms with E-state index in [2.05, 4.69) is 5.32 Å². The molecule has 0 unspecified atom stereocenters. The van der Waals surface area contributed by atoms with Gasteiger partial charge in [-0.05, 0) is 36.8 Å². The molecular weight excluding hydrogens is 319 g/mol. The summed E-state index contributed by atoms with van der Waals surface area (Å²) >= 11 is 0. The number of carbonyl (C=O) groups is 1. The van der Waals surface area contributed by atoms with E-state index < -0.39 is 11.5 Å². The number of para-hydroxylation sites is 1. The number of hydrogen-bond donors (Lipinski definition) is 1. The third-order valence-electron chi connectivity index (χ3n) is 3.96. The van der Waals surface area contributed by atoms with Crippen LogP contribution in [0.15, 0.2) is 71.7 Å². The molecule has 0 radical (unpaired) electrons. The predicted molar refractivity (Wildman–Crippen MR) is 95.3 cm³/mol. The maximum atomic E-state index is 13.8. The van der Waals surface area contributed by atoms with Gasteiger partial charge in [0.15, 0.2) is 0 Å². The summed E-state index contributed by atoms with van der Waals surface area (Å²) in [5, 5.41) is 2.74. The van der Waals surface area contributed by atoms with Crippen LogP contribution in [0.5, 0.6) is 0 Å². The highest BCUT2D eigenvalue weighted by Crippen LogP contribution is 2.14. The van der Waals surface area contributed by atoms with Gasteiger partial charge in [-0.2, -0.15) is 0 Å². The van der Waals surface area contributed by atoms with Crippen LogP contribution in [0, 0.1) is 12.7 Å². The minimum absolute atomic E-state index is 0.0158. The van der Waals surface area contributed by atoms with Gasteiger partial charge in [-0.1, -0.05) is 36.4 Å². The van der Waals surface area contributed by atoms with Crippen molar-refractivity contribution < 1.29 is 9.18 Å².